The SMILES string of the molecule is C[C@@]1(c2cccc(NC(=O)[C@H]3CC=CCC3)c2)NC(=O)NC1=O. The lowest BCUT2D eigenvalue weighted by Crippen LogP contribution is -2.40. The quantitative estimate of drug-likeness (QED) is 0.589. The summed E-state index contributed by atoms with van der Waals surface area (Å²) in [6.45, 7) is 1.64. The first-order chi connectivity index (χ1) is 11.0. The Kier molecular flexibility index (Phi) is 3.90. The zero-order chi connectivity index (χ0) is 16.4. The van der Waals surface area contributed by atoms with Gasteiger partial charge in [0.25, 0.3) is 5.91 Å². The normalized spacial score (nSPS) is 26.6. The number of benzene rings is 1. The third-order valence-electron chi connectivity index (χ3n) is 4.39. The first kappa shape index (κ1) is 15.3. The van der Waals surface area contributed by atoms with Crippen LogP contribution in [-0.4, -0.2) is 17.8 Å². The maximum absolute atomic E-state index is 12.3. The number of anilines is 1. The van der Waals surface area contributed by atoms with Crippen molar-refractivity contribution >= 4 is 23.5 Å². The molecule has 6 nitrogen and oxygen atoms in total. The van der Waals surface area contributed by atoms with Gasteiger partial charge in [-0.25, -0.2) is 4.79 Å². The Morgan fingerprint density at radius 1 is 1.30 bits per heavy atom. The number of urea groups is 1. The summed E-state index contributed by atoms with van der Waals surface area (Å²) >= 11 is 0. The molecule has 3 N–H and O–H groups in total. The monoisotopic (exact) mass is 313 g/mol. The molecule has 0 radical (unpaired) electrons. The molecule has 2 atom stereocenters. The van der Waals surface area contributed by atoms with Crippen LogP contribution in [0.3, 0.4) is 0 Å². The average molecular weight is 313 g/mol. The van der Waals surface area contributed by atoms with Crippen molar-refractivity contribution in [2.45, 2.75) is 31.7 Å². The van der Waals surface area contributed by atoms with Crippen molar-refractivity contribution in [1.29, 1.82) is 0 Å². The third kappa shape index (κ3) is 2.97. The second-order valence-electron chi connectivity index (χ2n) is 6.08. The minimum absolute atomic E-state index is 0.0171. The average Bonchev–Trinajstić information content (AvgIpc) is 2.82. The van der Waals surface area contributed by atoms with Crippen LogP contribution in [-0.2, 0) is 15.1 Å². The molecule has 1 aliphatic carbocycles. The Labute approximate surface area is 134 Å². The summed E-state index contributed by atoms with van der Waals surface area (Å²) in [4.78, 5) is 35.7. The smallest absolute Gasteiger partial charge is 0.322 e. The molecule has 1 heterocycles. The molecule has 0 saturated carbocycles. The predicted molar refractivity (Wildman–Crippen MR) is 85.6 cm³/mol. The van der Waals surface area contributed by atoms with E-state index in [0.717, 1.165) is 19.3 Å². The second-order valence-corrected chi connectivity index (χ2v) is 6.08. The second kappa shape index (κ2) is 5.87. The Morgan fingerprint density at radius 3 is 2.78 bits per heavy atom. The standard InChI is InChI=1S/C17H19N3O3/c1-17(15(22)19-16(23)20-17)12-8-5-9-13(10-12)18-14(21)11-6-3-2-4-7-11/h2-3,5,8-11H,4,6-7H2,1H3,(H,18,21)(H2,19,20,22,23)/t11-,17-/m0/s1. The molecule has 0 bridgehead atoms. The van der Waals surface area contributed by atoms with E-state index in [-0.39, 0.29) is 11.8 Å². The van der Waals surface area contributed by atoms with Crippen LogP contribution in [0.25, 0.3) is 0 Å². The molecule has 1 fully saturated rings. The summed E-state index contributed by atoms with van der Waals surface area (Å²) in [7, 11) is 0. The number of imide groups is 1. The number of rotatable bonds is 3. The van der Waals surface area contributed by atoms with Gasteiger partial charge in [-0.05, 0) is 43.9 Å². The highest BCUT2D eigenvalue weighted by molar-refractivity contribution is 6.07. The van der Waals surface area contributed by atoms with E-state index in [0.29, 0.717) is 11.3 Å². The van der Waals surface area contributed by atoms with Crippen LogP contribution >= 0.6 is 0 Å². The number of nitrogens with one attached hydrogen (secondary N) is 3. The maximum atomic E-state index is 12.3. The molecular weight excluding hydrogens is 294 g/mol. The van der Waals surface area contributed by atoms with Crippen molar-refractivity contribution in [2.75, 3.05) is 5.32 Å². The molecule has 0 spiro atoms. The number of hydrogen-bond donors (Lipinski definition) is 3. The van der Waals surface area contributed by atoms with Gasteiger partial charge in [-0.1, -0.05) is 24.3 Å². The first-order valence-corrected chi connectivity index (χ1v) is 7.69. The zero-order valence-electron chi connectivity index (χ0n) is 12.9. The van der Waals surface area contributed by atoms with Crippen molar-refractivity contribution in [3.63, 3.8) is 0 Å². The van der Waals surface area contributed by atoms with E-state index in [1.807, 2.05) is 6.08 Å². The van der Waals surface area contributed by atoms with Crippen molar-refractivity contribution in [3.05, 3.63) is 42.0 Å². The summed E-state index contributed by atoms with van der Waals surface area (Å²) in [5.74, 6) is -0.436. The fourth-order valence-corrected chi connectivity index (χ4v) is 2.93. The van der Waals surface area contributed by atoms with Gasteiger partial charge in [0.15, 0.2) is 0 Å². The summed E-state index contributed by atoms with van der Waals surface area (Å²) in [6.07, 6.45) is 6.64. The van der Waals surface area contributed by atoms with Crippen LogP contribution in [0.2, 0.25) is 0 Å². The number of allylic oxidation sites excluding steroid dienone is 2. The molecular formula is C17H19N3O3. The first-order valence-electron chi connectivity index (χ1n) is 7.69. The largest absolute Gasteiger partial charge is 0.326 e. The van der Waals surface area contributed by atoms with Gasteiger partial charge in [0.2, 0.25) is 5.91 Å². The van der Waals surface area contributed by atoms with Gasteiger partial charge < -0.3 is 10.6 Å². The highest BCUT2D eigenvalue weighted by atomic mass is 16.2. The maximum Gasteiger partial charge on any atom is 0.322 e. The fourth-order valence-electron chi connectivity index (χ4n) is 2.93. The number of amides is 4. The topological polar surface area (TPSA) is 87.3 Å². The van der Waals surface area contributed by atoms with Gasteiger partial charge >= 0.3 is 6.03 Å². The van der Waals surface area contributed by atoms with Crippen molar-refractivity contribution in [3.8, 4) is 0 Å². The molecule has 2 aliphatic rings. The Bertz CT molecular complexity index is 698. The zero-order valence-corrected chi connectivity index (χ0v) is 12.9. The van der Waals surface area contributed by atoms with Crippen LogP contribution in [0.5, 0.6) is 0 Å². The van der Waals surface area contributed by atoms with Crippen LogP contribution in [0.4, 0.5) is 10.5 Å². The van der Waals surface area contributed by atoms with Gasteiger partial charge in [-0.3, -0.25) is 14.9 Å². The molecule has 0 unspecified atom stereocenters. The fraction of sp³-hybridized carbons (Fsp3) is 0.353. The lowest BCUT2D eigenvalue weighted by Gasteiger charge is -2.22. The van der Waals surface area contributed by atoms with Gasteiger partial charge in [-0.2, -0.15) is 0 Å². The summed E-state index contributed by atoms with van der Waals surface area (Å²) in [5.41, 5.74) is 0.130. The highest BCUT2D eigenvalue weighted by Gasteiger charge is 2.43. The lowest BCUT2D eigenvalue weighted by molar-refractivity contribution is -0.123. The summed E-state index contributed by atoms with van der Waals surface area (Å²) in [6, 6.07) is 6.50. The number of hydrogen-bond acceptors (Lipinski definition) is 3. The highest BCUT2D eigenvalue weighted by Crippen LogP contribution is 2.27. The minimum Gasteiger partial charge on any atom is -0.326 e. The van der Waals surface area contributed by atoms with Crippen LogP contribution in [0, 0.1) is 5.92 Å². The molecule has 23 heavy (non-hydrogen) atoms. The summed E-state index contributed by atoms with van der Waals surface area (Å²) < 4.78 is 0. The summed E-state index contributed by atoms with van der Waals surface area (Å²) in [5, 5.41) is 7.75. The van der Waals surface area contributed by atoms with Gasteiger partial charge in [0.1, 0.15) is 5.54 Å². The van der Waals surface area contributed by atoms with E-state index in [9.17, 15) is 14.4 Å². The molecule has 1 aromatic rings. The molecule has 0 aromatic heterocycles. The predicted octanol–water partition coefficient (Wildman–Crippen LogP) is 2.04. The van der Waals surface area contributed by atoms with Crippen LogP contribution in [0.1, 0.15) is 31.7 Å². The molecule has 1 aromatic carbocycles. The van der Waals surface area contributed by atoms with E-state index in [1.165, 1.54) is 0 Å². The number of carbonyl (C=O) groups excluding carboxylic acids is 3. The molecule has 4 amide bonds. The van der Waals surface area contributed by atoms with E-state index >= 15 is 0 Å². The van der Waals surface area contributed by atoms with E-state index < -0.39 is 17.5 Å². The third-order valence-corrected chi connectivity index (χ3v) is 4.39. The van der Waals surface area contributed by atoms with Crippen molar-refractivity contribution in [1.82, 2.24) is 10.6 Å². The van der Waals surface area contributed by atoms with Gasteiger partial charge in [0, 0.05) is 11.6 Å². The number of carbonyl (C=O) groups is 3. The Balaban J connectivity index is 1.78. The van der Waals surface area contributed by atoms with Crippen LogP contribution in [0.15, 0.2) is 36.4 Å². The molecule has 3 rings (SSSR count). The molecule has 1 saturated heterocycles. The van der Waals surface area contributed by atoms with Crippen LogP contribution < -0.4 is 16.0 Å². The minimum atomic E-state index is -1.12. The van der Waals surface area contributed by atoms with Gasteiger partial charge in [-0.15, -0.1) is 0 Å². The van der Waals surface area contributed by atoms with Gasteiger partial charge in [0.05, 0.1) is 0 Å². The van der Waals surface area contributed by atoms with E-state index in [2.05, 4.69) is 22.0 Å². The molecule has 1 aliphatic heterocycles. The lowest BCUT2D eigenvalue weighted by atomic mass is 9.91. The molecule has 120 valence electrons. The Hall–Kier alpha value is -2.63. The Morgan fingerprint density at radius 2 is 2.13 bits per heavy atom. The van der Waals surface area contributed by atoms with E-state index in [4.69, 9.17) is 0 Å². The van der Waals surface area contributed by atoms with E-state index in [1.54, 1.807) is 31.2 Å². The van der Waals surface area contributed by atoms with Crippen molar-refractivity contribution in [2.24, 2.45) is 5.92 Å². The van der Waals surface area contributed by atoms with Crippen molar-refractivity contribution < 1.29 is 14.4 Å². The molecule has 6 heteroatoms.